The lowest BCUT2D eigenvalue weighted by Gasteiger charge is -2.21. The van der Waals surface area contributed by atoms with Gasteiger partial charge in [0.15, 0.2) is 0 Å². The minimum absolute atomic E-state index is 0.224. The summed E-state index contributed by atoms with van der Waals surface area (Å²) in [6.45, 7) is 1.73. The van der Waals surface area contributed by atoms with Gasteiger partial charge < -0.3 is 4.90 Å². The van der Waals surface area contributed by atoms with Gasteiger partial charge in [-0.15, -0.1) is 0 Å². The van der Waals surface area contributed by atoms with Crippen LogP contribution in [-0.2, 0) is 12.6 Å². The molecule has 15 heavy (non-hydrogen) atoms. The highest BCUT2D eigenvalue weighted by molar-refractivity contribution is 5.57. The molecule has 0 unspecified atom stereocenters. The zero-order chi connectivity index (χ0) is 11.6. The zero-order valence-corrected chi connectivity index (χ0v) is 9.02. The van der Waals surface area contributed by atoms with E-state index in [9.17, 15) is 13.2 Å². The van der Waals surface area contributed by atoms with E-state index in [0.29, 0.717) is 12.0 Å². The van der Waals surface area contributed by atoms with Crippen LogP contribution in [0.5, 0.6) is 0 Å². The Balaban J connectivity index is 3.41. The van der Waals surface area contributed by atoms with E-state index in [1.807, 2.05) is 0 Å². The number of aryl methyl sites for hydroxylation is 1. The standard InChI is InChI=1S/C11H14F3N/c1-4-8-6-5-7-9(15(2)3)10(8)11(12,13)14/h5-7H,4H2,1-3H3. The van der Waals surface area contributed by atoms with Gasteiger partial charge in [0, 0.05) is 19.8 Å². The number of anilines is 1. The average Bonchev–Trinajstić information content (AvgIpc) is 2.15. The Labute approximate surface area is 87.5 Å². The van der Waals surface area contributed by atoms with Crippen LogP contribution >= 0.6 is 0 Å². The molecule has 1 nitrogen and oxygen atoms in total. The number of hydrogen-bond acceptors (Lipinski definition) is 1. The number of hydrogen-bond donors (Lipinski definition) is 0. The van der Waals surface area contributed by atoms with Crippen molar-refractivity contribution in [3.8, 4) is 0 Å². The van der Waals surface area contributed by atoms with Crippen molar-refractivity contribution in [3.63, 3.8) is 0 Å². The molecule has 0 radical (unpaired) electrons. The van der Waals surface area contributed by atoms with Gasteiger partial charge in [0.05, 0.1) is 5.56 Å². The van der Waals surface area contributed by atoms with Crippen LogP contribution in [0.4, 0.5) is 18.9 Å². The van der Waals surface area contributed by atoms with Gasteiger partial charge in [-0.2, -0.15) is 13.2 Å². The van der Waals surface area contributed by atoms with Gasteiger partial charge in [0.25, 0.3) is 0 Å². The zero-order valence-electron chi connectivity index (χ0n) is 9.02. The van der Waals surface area contributed by atoms with Crippen LogP contribution < -0.4 is 4.90 Å². The van der Waals surface area contributed by atoms with Crippen molar-refractivity contribution in [1.29, 1.82) is 0 Å². The normalized spacial score (nSPS) is 11.6. The molecule has 0 fully saturated rings. The average molecular weight is 217 g/mol. The number of alkyl halides is 3. The van der Waals surface area contributed by atoms with E-state index in [2.05, 4.69) is 0 Å². The minimum Gasteiger partial charge on any atom is -0.377 e. The summed E-state index contributed by atoms with van der Waals surface area (Å²) >= 11 is 0. The highest BCUT2D eigenvalue weighted by Crippen LogP contribution is 2.38. The summed E-state index contributed by atoms with van der Waals surface area (Å²) in [7, 11) is 3.23. The molecule has 0 heterocycles. The van der Waals surface area contributed by atoms with Crippen LogP contribution in [-0.4, -0.2) is 14.1 Å². The molecule has 0 aromatic heterocycles. The maximum Gasteiger partial charge on any atom is 0.418 e. The summed E-state index contributed by atoms with van der Waals surface area (Å²) in [6.07, 6.45) is -3.90. The summed E-state index contributed by atoms with van der Waals surface area (Å²) in [5.41, 5.74) is 0.0491. The Kier molecular flexibility index (Phi) is 3.27. The molecule has 0 spiro atoms. The molecule has 0 saturated heterocycles. The number of benzene rings is 1. The van der Waals surface area contributed by atoms with Gasteiger partial charge in [0.2, 0.25) is 0 Å². The second kappa shape index (κ2) is 4.13. The lowest BCUT2D eigenvalue weighted by atomic mass is 10.0. The van der Waals surface area contributed by atoms with Crippen LogP contribution in [0.1, 0.15) is 18.1 Å². The molecule has 0 amide bonds. The van der Waals surface area contributed by atoms with E-state index in [0.717, 1.165) is 0 Å². The first kappa shape index (κ1) is 11.9. The third-order valence-electron chi connectivity index (χ3n) is 2.27. The second-order valence-electron chi connectivity index (χ2n) is 3.56. The van der Waals surface area contributed by atoms with Crippen molar-refractivity contribution in [2.75, 3.05) is 19.0 Å². The number of rotatable bonds is 2. The molecule has 0 atom stereocenters. The summed E-state index contributed by atoms with van der Waals surface area (Å²) in [5, 5.41) is 0. The maximum atomic E-state index is 12.8. The van der Waals surface area contributed by atoms with Gasteiger partial charge in [0.1, 0.15) is 0 Å². The molecule has 4 heteroatoms. The van der Waals surface area contributed by atoms with E-state index in [4.69, 9.17) is 0 Å². The number of halogens is 3. The molecule has 0 bridgehead atoms. The van der Waals surface area contributed by atoms with Crippen molar-refractivity contribution < 1.29 is 13.2 Å². The highest BCUT2D eigenvalue weighted by atomic mass is 19.4. The minimum atomic E-state index is -4.29. The van der Waals surface area contributed by atoms with Crippen LogP contribution in [0.25, 0.3) is 0 Å². The Hall–Kier alpha value is -1.19. The lowest BCUT2D eigenvalue weighted by molar-refractivity contribution is -0.137. The van der Waals surface area contributed by atoms with Crippen LogP contribution in [0.3, 0.4) is 0 Å². The topological polar surface area (TPSA) is 3.24 Å². The largest absolute Gasteiger partial charge is 0.418 e. The van der Waals surface area contributed by atoms with E-state index in [-0.39, 0.29) is 5.69 Å². The summed E-state index contributed by atoms with van der Waals surface area (Å²) in [6, 6.07) is 4.67. The van der Waals surface area contributed by atoms with Crippen molar-refractivity contribution in [2.45, 2.75) is 19.5 Å². The Bertz CT molecular complexity index is 342. The van der Waals surface area contributed by atoms with E-state index < -0.39 is 11.7 Å². The molecule has 84 valence electrons. The smallest absolute Gasteiger partial charge is 0.377 e. The molecule has 1 rings (SSSR count). The van der Waals surface area contributed by atoms with Crippen molar-refractivity contribution in [1.82, 2.24) is 0 Å². The second-order valence-corrected chi connectivity index (χ2v) is 3.56. The van der Waals surface area contributed by atoms with E-state index in [1.54, 1.807) is 27.1 Å². The number of nitrogens with zero attached hydrogens (tertiary/aromatic N) is 1. The first-order valence-electron chi connectivity index (χ1n) is 4.74. The third-order valence-corrected chi connectivity index (χ3v) is 2.27. The van der Waals surface area contributed by atoms with Gasteiger partial charge in [-0.25, -0.2) is 0 Å². The van der Waals surface area contributed by atoms with Crippen molar-refractivity contribution >= 4 is 5.69 Å². The molecule has 0 N–H and O–H groups in total. The maximum absolute atomic E-state index is 12.8. The Morgan fingerprint density at radius 1 is 1.20 bits per heavy atom. The summed E-state index contributed by atoms with van der Waals surface area (Å²) < 4.78 is 38.5. The molecule has 0 aliphatic carbocycles. The van der Waals surface area contributed by atoms with Gasteiger partial charge in [-0.1, -0.05) is 19.1 Å². The molecule has 0 aliphatic heterocycles. The van der Waals surface area contributed by atoms with Gasteiger partial charge in [-0.3, -0.25) is 0 Å². The first-order chi connectivity index (χ1) is 6.88. The fraction of sp³-hybridized carbons (Fsp3) is 0.455. The quantitative estimate of drug-likeness (QED) is 0.734. The fourth-order valence-corrected chi connectivity index (χ4v) is 1.58. The molecular formula is C11H14F3N. The Morgan fingerprint density at radius 2 is 1.80 bits per heavy atom. The van der Waals surface area contributed by atoms with Crippen molar-refractivity contribution in [2.24, 2.45) is 0 Å². The predicted molar refractivity (Wildman–Crippen MR) is 55.1 cm³/mol. The van der Waals surface area contributed by atoms with Crippen molar-refractivity contribution in [3.05, 3.63) is 29.3 Å². The molecule has 1 aromatic carbocycles. The highest BCUT2D eigenvalue weighted by Gasteiger charge is 2.36. The summed E-state index contributed by atoms with van der Waals surface area (Å²) in [5.74, 6) is 0. The Morgan fingerprint density at radius 3 is 2.20 bits per heavy atom. The molecular weight excluding hydrogens is 203 g/mol. The third kappa shape index (κ3) is 2.43. The van der Waals surface area contributed by atoms with Gasteiger partial charge >= 0.3 is 6.18 Å². The van der Waals surface area contributed by atoms with Crippen LogP contribution in [0.15, 0.2) is 18.2 Å². The van der Waals surface area contributed by atoms with Gasteiger partial charge in [-0.05, 0) is 18.1 Å². The van der Waals surface area contributed by atoms with Crippen LogP contribution in [0, 0.1) is 0 Å². The van der Waals surface area contributed by atoms with Crippen LogP contribution in [0.2, 0.25) is 0 Å². The molecule has 1 aromatic rings. The lowest BCUT2D eigenvalue weighted by Crippen LogP contribution is -2.18. The molecule has 0 aliphatic rings. The van der Waals surface area contributed by atoms with E-state index >= 15 is 0 Å². The monoisotopic (exact) mass is 217 g/mol. The summed E-state index contributed by atoms with van der Waals surface area (Å²) in [4.78, 5) is 1.49. The first-order valence-corrected chi connectivity index (χ1v) is 4.74. The van der Waals surface area contributed by atoms with E-state index in [1.165, 1.54) is 17.0 Å². The molecule has 0 saturated carbocycles. The fourth-order valence-electron chi connectivity index (χ4n) is 1.58. The SMILES string of the molecule is CCc1cccc(N(C)C)c1C(F)(F)F. The predicted octanol–water partition coefficient (Wildman–Crippen LogP) is 3.33.